The van der Waals surface area contributed by atoms with Crippen molar-refractivity contribution >= 4 is 11.8 Å². The van der Waals surface area contributed by atoms with Gasteiger partial charge < -0.3 is 10.2 Å². The van der Waals surface area contributed by atoms with Crippen molar-refractivity contribution in [2.24, 2.45) is 5.92 Å². The first kappa shape index (κ1) is 14.5. The molecule has 5 heteroatoms. The van der Waals surface area contributed by atoms with E-state index < -0.39 is 12.1 Å². The molecular weight excluding hydrogens is 254 g/mol. The molecule has 2 atom stereocenters. The van der Waals surface area contributed by atoms with Crippen molar-refractivity contribution in [1.29, 1.82) is 0 Å². The van der Waals surface area contributed by atoms with E-state index in [2.05, 4.69) is 10.3 Å². The van der Waals surface area contributed by atoms with E-state index in [0.29, 0.717) is 6.54 Å². The van der Waals surface area contributed by atoms with Crippen LogP contribution in [0.1, 0.15) is 32.0 Å². The Hall–Kier alpha value is -1.91. The van der Waals surface area contributed by atoms with Crippen LogP contribution in [0, 0.1) is 12.8 Å². The topological polar surface area (TPSA) is 62.3 Å². The molecule has 5 nitrogen and oxygen atoms in total. The van der Waals surface area contributed by atoms with Gasteiger partial charge in [0.25, 0.3) is 0 Å². The molecule has 1 aliphatic heterocycles. The number of carbonyl (C=O) groups excluding carboxylic acids is 2. The molecule has 0 bridgehead atoms. The molecule has 108 valence electrons. The van der Waals surface area contributed by atoms with Gasteiger partial charge >= 0.3 is 0 Å². The fourth-order valence-corrected chi connectivity index (χ4v) is 2.36. The molecule has 0 aromatic carbocycles. The van der Waals surface area contributed by atoms with Gasteiger partial charge in [0.15, 0.2) is 0 Å². The van der Waals surface area contributed by atoms with Gasteiger partial charge in [-0.3, -0.25) is 14.6 Å². The number of aromatic nitrogens is 1. The summed E-state index contributed by atoms with van der Waals surface area (Å²) in [5.41, 5.74) is 1.87. The fourth-order valence-electron chi connectivity index (χ4n) is 2.36. The van der Waals surface area contributed by atoms with Gasteiger partial charge in [0.2, 0.25) is 11.8 Å². The lowest BCUT2D eigenvalue weighted by atomic mass is 9.98. The highest BCUT2D eigenvalue weighted by molar-refractivity contribution is 5.96. The van der Waals surface area contributed by atoms with Crippen molar-refractivity contribution < 1.29 is 9.59 Å². The second kappa shape index (κ2) is 5.61. The lowest BCUT2D eigenvalue weighted by molar-refractivity contribution is -0.150. The first-order valence-corrected chi connectivity index (χ1v) is 6.93. The molecule has 2 rings (SSSR count). The normalized spacial score (nSPS) is 23.1. The van der Waals surface area contributed by atoms with Crippen LogP contribution in [0.4, 0.5) is 0 Å². The first-order valence-electron chi connectivity index (χ1n) is 6.93. The molecule has 1 fully saturated rings. The third-order valence-electron chi connectivity index (χ3n) is 3.80. The van der Waals surface area contributed by atoms with Crippen LogP contribution >= 0.6 is 0 Å². The summed E-state index contributed by atoms with van der Waals surface area (Å²) in [6, 6.07) is 2.92. The number of piperazine rings is 1. The molecule has 2 heterocycles. The van der Waals surface area contributed by atoms with E-state index >= 15 is 0 Å². The summed E-state index contributed by atoms with van der Waals surface area (Å²) >= 11 is 0. The van der Waals surface area contributed by atoms with Crippen LogP contribution in [-0.4, -0.2) is 33.8 Å². The minimum atomic E-state index is -0.459. The third-order valence-corrected chi connectivity index (χ3v) is 3.80. The number of nitrogens with one attached hydrogen (secondary N) is 1. The van der Waals surface area contributed by atoms with Gasteiger partial charge in [-0.15, -0.1) is 0 Å². The summed E-state index contributed by atoms with van der Waals surface area (Å²) in [6.07, 6.45) is 1.71. The zero-order valence-corrected chi connectivity index (χ0v) is 12.4. The van der Waals surface area contributed by atoms with Crippen molar-refractivity contribution in [2.45, 2.75) is 46.3 Å². The van der Waals surface area contributed by atoms with Crippen molar-refractivity contribution in [3.05, 3.63) is 29.6 Å². The smallest absolute Gasteiger partial charge is 0.246 e. The Balaban J connectivity index is 2.26. The number of carbonyl (C=O) groups is 2. The van der Waals surface area contributed by atoms with Crippen molar-refractivity contribution in [3.8, 4) is 0 Å². The third kappa shape index (κ3) is 2.66. The SMILES string of the molecule is Cc1cccnc1CN1C(=O)C(C(C)C)NC(=O)C1C. The van der Waals surface area contributed by atoms with Crippen molar-refractivity contribution in [2.75, 3.05) is 0 Å². The minimum absolute atomic E-state index is 0.0304. The Morgan fingerprint density at radius 2 is 2.10 bits per heavy atom. The second-order valence-electron chi connectivity index (χ2n) is 5.64. The quantitative estimate of drug-likeness (QED) is 0.903. The van der Waals surface area contributed by atoms with Gasteiger partial charge in [-0.25, -0.2) is 0 Å². The lowest BCUT2D eigenvalue weighted by Crippen LogP contribution is -2.63. The highest BCUT2D eigenvalue weighted by atomic mass is 16.2. The molecule has 1 aromatic heterocycles. The highest BCUT2D eigenvalue weighted by Gasteiger charge is 2.39. The van der Waals surface area contributed by atoms with Crippen LogP contribution in [0.3, 0.4) is 0 Å². The monoisotopic (exact) mass is 275 g/mol. The summed E-state index contributed by atoms with van der Waals surface area (Å²) in [4.78, 5) is 30.5. The summed E-state index contributed by atoms with van der Waals surface area (Å²) in [6.45, 7) is 7.96. The molecular formula is C15H21N3O2. The summed E-state index contributed by atoms with van der Waals surface area (Å²) in [7, 11) is 0. The highest BCUT2D eigenvalue weighted by Crippen LogP contribution is 2.18. The van der Waals surface area contributed by atoms with Crippen LogP contribution < -0.4 is 5.32 Å². The number of hydrogen-bond donors (Lipinski definition) is 1. The molecule has 1 saturated heterocycles. The van der Waals surface area contributed by atoms with Crippen molar-refractivity contribution in [1.82, 2.24) is 15.2 Å². The average Bonchev–Trinajstić information content (AvgIpc) is 2.40. The van der Waals surface area contributed by atoms with E-state index in [1.54, 1.807) is 18.0 Å². The van der Waals surface area contributed by atoms with E-state index in [-0.39, 0.29) is 17.7 Å². The number of rotatable bonds is 3. The largest absolute Gasteiger partial charge is 0.342 e. The minimum Gasteiger partial charge on any atom is -0.342 e. The lowest BCUT2D eigenvalue weighted by Gasteiger charge is -2.38. The zero-order chi connectivity index (χ0) is 14.9. The predicted octanol–water partition coefficient (Wildman–Crippen LogP) is 1.26. The summed E-state index contributed by atoms with van der Waals surface area (Å²) < 4.78 is 0. The zero-order valence-electron chi connectivity index (χ0n) is 12.4. The molecule has 0 radical (unpaired) electrons. The van der Waals surface area contributed by atoms with E-state index in [4.69, 9.17) is 0 Å². The van der Waals surface area contributed by atoms with Gasteiger partial charge in [-0.2, -0.15) is 0 Å². The van der Waals surface area contributed by atoms with Crippen LogP contribution in [0.15, 0.2) is 18.3 Å². The standard InChI is InChI=1S/C15H21N3O2/c1-9(2)13-15(20)18(11(4)14(19)17-13)8-12-10(3)6-5-7-16-12/h5-7,9,11,13H,8H2,1-4H3,(H,17,19). The maximum absolute atomic E-state index is 12.5. The number of amides is 2. The predicted molar refractivity (Wildman–Crippen MR) is 75.8 cm³/mol. The van der Waals surface area contributed by atoms with E-state index in [9.17, 15) is 9.59 Å². The number of hydrogen-bond acceptors (Lipinski definition) is 3. The molecule has 2 amide bonds. The van der Waals surface area contributed by atoms with Gasteiger partial charge in [-0.05, 0) is 31.4 Å². The molecule has 1 aromatic rings. The van der Waals surface area contributed by atoms with Gasteiger partial charge in [0.05, 0.1) is 12.2 Å². The Bertz CT molecular complexity index is 528. The Kier molecular flexibility index (Phi) is 4.06. The first-order chi connectivity index (χ1) is 9.41. The Morgan fingerprint density at radius 3 is 2.70 bits per heavy atom. The van der Waals surface area contributed by atoms with E-state index in [0.717, 1.165) is 11.3 Å². The second-order valence-corrected chi connectivity index (χ2v) is 5.64. The van der Waals surface area contributed by atoms with Gasteiger partial charge in [-0.1, -0.05) is 19.9 Å². The molecule has 1 N–H and O–H groups in total. The van der Waals surface area contributed by atoms with Crippen LogP contribution in [0.25, 0.3) is 0 Å². The van der Waals surface area contributed by atoms with Crippen molar-refractivity contribution in [3.63, 3.8) is 0 Å². The number of nitrogens with zero attached hydrogens (tertiary/aromatic N) is 2. The summed E-state index contributed by atoms with van der Waals surface area (Å²) in [5.74, 6) is -0.0553. The Morgan fingerprint density at radius 1 is 1.40 bits per heavy atom. The average molecular weight is 275 g/mol. The molecule has 2 unspecified atom stereocenters. The maximum Gasteiger partial charge on any atom is 0.246 e. The summed E-state index contributed by atoms with van der Waals surface area (Å²) in [5, 5.41) is 2.80. The van der Waals surface area contributed by atoms with Gasteiger partial charge in [0, 0.05) is 6.20 Å². The van der Waals surface area contributed by atoms with Crippen LogP contribution in [0.5, 0.6) is 0 Å². The fraction of sp³-hybridized carbons (Fsp3) is 0.533. The Labute approximate surface area is 119 Å². The molecule has 20 heavy (non-hydrogen) atoms. The molecule has 1 aliphatic rings. The maximum atomic E-state index is 12.5. The number of aryl methyl sites for hydroxylation is 1. The number of pyridine rings is 1. The van der Waals surface area contributed by atoms with Crippen LogP contribution in [-0.2, 0) is 16.1 Å². The molecule has 0 saturated carbocycles. The molecule has 0 spiro atoms. The molecule has 0 aliphatic carbocycles. The van der Waals surface area contributed by atoms with E-state index in [1.165, 1.54) is 0 Å². The van der Waals surface area contributed by atoms with Crippen LogP contribution in [0.2, 0.25) is 0 Å². The van der Waals surface area contributed by atoms with Gasteiger partial charge in [0.1, 0.15) is 12.1 Å². The van der Waals surface area contributed by atoms with E-state index in [1.807, 2.05) is 32.9 Å².